The highest BCUT2D eigenvalue weighted by Crippen LogP contribution is 2.11. The summed E-state index contributed by atoms with van der Waals surface area (Å²) < 4.78 is 5.19. The fourth-order valence-electron chi connectivity index (χ4n) is 2.42. The van der Waals surface area contributed by atoms with Gasteiger partial charge in [0.25, 0.3) is 0 Å². The van der Waals surface area contributed by atoms with Crippen LogP contribution in [0, 0.1) is 6.92 Å². The minimum absolute atomic E-state index is 0.626. The zero-order chi connectivity index (χ0) is 17.4. The van der Waals surface area contributed by atoms with Gasteiger partial charge in [0.2, 0.25) is 0 Å². The summed E-state index contributed by atoms with van der Waals surface area (Å²) in [4.78, 5) is 11.4. The first-order valence-electron chi connectivity index (χ1n) is 8.09. The first kappa shape index (κ1) is 18.4. The van der Waals surface area contributed by atoms with Crippen molar-refractivity contribution in [2.75, 3.05) is 20.7 Å². The summed E-state index contributed by atoms with van der Waals surface area (Å²) in [5.74, 6) is 0.889. The number of nitrogens with zero attached hydrogens (tertiary/aromatic N) is 3. The molecule has 0 radical (unpaired) electrons. The molecule has 6 heteroatoms. The molecule has 5 nitrogen and oxygen atoms in total. The molecule has 0 fully saturated rings. The Bertz CT molecular complexity index is 669. The van der Waals surface area contributed by atoms with Crippen molar-refractivity contribution in [3.8, 4) is 0 Å². The molecule has 1 N–H and O–H groups in total. The lowest BCUT2D eigenvalue weighted by Gasteiger charge is -2.21. The van der Waals surface area contributed by atoms with Crippen molar-refractivity contribution in [3.63, 3.8) is 0 Å². The van der Waals surface area contributed by atoms with Crippen LogP contribution in [0.3, 0.4) is 0 Å². The maximum Gasteiger partial charge on any atom is 0.194 e. The highest BCUT2D eigenvalue weighted by atomic mass is 32.1. The van der Waals surface area contributed by atoms with Crippen LogP contribution in [-0.2, 0) is 24.4 Å². The highest BCUT2D eigenvalue weighted by molar-refractivity contribution is 7.09. The van der Waals surface area contributed by atoms with E-state index in [0.29, 0.717) is 13.2 Å². The molecule has 0 unspecified atom stereocenters. The molecule has 0 bridgehead atoms. The van der Waals surface area contributed by atoms with E-state index >= 15 is 0 Å². The number of aryl methyl sites for hydroxylation is 1. The smallest absolute Gasteiger partial charge is 0.194 e. The van der Waals surface area contributed by atoms with E-state index in [1.165, 1.54) is 11.1 Å². The predicted octanol–water partition coefficient (Wildman–Crippen LogP) is 3.20. The van der Waals surface area contributed by atoms with Crippen LogP contribution in [0.4, 0.5) is 0 Å². The average molecular weight is 347 g/mol. The Morgan fingerprint density at radius 1 is 1.38 bits per heavy atom. The lowest BCUT2D eigenvalue weighted by atomic mass is 10.1. The first-order chi connectivity index (χ1) is 11.6. The van der Waals surface area contributed by atoms with E-state index in [-0.39, 0.29) is 0 Å². The van der Waals surface area contributed by atoms with Gasteiger partial charge < -0.3 is 15.0 Å². The number of nitrogens with one attached hydrogen (secondary N) is 1. The van der Waals surface area contributed by atoms with E-state index in [9.17, 15) is 0 Å². The summed E-state index contributed by atoms with van der Waals surface area (Å²) in [5.41, 5.74) is 3.42. The second-order valence-electron chi connectivity index (χ2n) is 5.64. The largest absolute Gasteiger partial charge is 0.380 e. The van der Waals surface area contributed by atoms with Crippen LogP contribution in [0.15, 0.2) is 34.6 Å². The van der Waals surface area contributed by atoms with Gasteiger partial charge >= 0.3 is 0 Å². The number of aromatic nitrogens is 1. The average Bonchev–Trinajstić information content (AvgIpc) is 2.97. The van der Waals surface area contributed by atoms with Crippen LogP contribution < -0.4 is 5.32 Å². The summed E-state index contributed by atoms with van der Waals surface area (Å²) in [7, 11) is 3.75. The minimum Gasteiger partial charge on any atom is -0.380 e. The molecule has 0 spiro atoms. The van der Waals surface area contributed by atoms with Crippen LogP contribution in [0.1, 0.15) is 28.8 Å². The Hall–Kier alpha value is -1.92. The van der Waals surface area contributed by atoms with Crippen molar-refractivity contribution >= 4 is 17.3 Å². The van der Waals surface area contributed by atoms with E-state index in [0.717, 1.165) is 29.8 Å². The third-order valence-corrected chi connectivity index (χ3v) is 4.30. The Labute approximate surface area is 148 Å². The van der Waals surface area contributed by atoms with Gasteiger partial charge in [-0.25, -0.2) is 9.98 Å². The summed E-state index contributed by atoms with van der Waals surface area (Å²) in [6.45, 7) is 6.96. The molecule has 130 valence electrons. The third kappa shape index (κ3) is 5.62. The van der Waals surface area contributed by atoms with Gasteiger partial charge in [-0.1, -0.05) is 24.3 Å². The quantitative estimate of drug-likeness (QED) is 0.618. The molecule has 24 heavy (non-hydrogen) atoms. The highest BCUT2D eigenvalue weighted by Gasteiger charge is 2.08. The molecule has 1 heterocycles. The van der Waals surface area contributed by atoms with Gasteiger partial charge in [-0.2, -0.15) is 0 Å². The van der Waals surface area contributed by atoms with Crippen LogP contribution >= 0.6 is 11.3 Å². The lowest BCUT2D eigenvalue weighted by molar-refractivity contribution is 0.185. The number of thiazole rings is 1. The molecule has 0 aliphatic rings. The molecule has 2 aromatic rings. The second kappa shape index (κ2) is 9.39. The number of aliphatic imine (C=N–C) groups is 1. The molecule has 0 aliphatic heterocycles. The molecule has 0 saturated carbocycles. The maximum atomic E-state index is 5.19. The number of rotatable bonds is 7. The van der Waals surface area contributed by atoms with Crippen LogP contribution in [0.5, 0.6) is 0 Å². The number of hydrogen-bond acceptors (Lipinski definition) is 4. The monoisotopic (exact) mass is 346 g/mol. The van der Waals surface area contributed by atoms with Gasteiger partial charge in [0.1, 0.15) is 0 Å². The fraction of sp³-hybridized carbons (Fsp3) is 0.444. The predicted molar refractivity (Wildman–Crippen MR) is 100 cm³/mol. The third-order valence-electron chi connectivity index (χ3n) is 3.48. The maximum absolute atomic E-state index is 5.19. The fourth-order valence-corrected chi connectivity index (χ4v) is 3.02. The molecule has 1 aromatic carbocycles. The molecule has 0 saturated heterocycles. The van der Waals surface area contributed by atoms with Crippen molar-refractivity contribution < 1.29 is 4.74 Å². The summed E-state index contributed by atoms with van der Waals surface area (Å²) in [5, 5.41) is 6.54. The zero-order valence-corrected chi connectivity index (χ0v) is 15.7. The first-order valence-corrected chi connectivity index (χ1v) is 8.97. The Morgan fingerprint density at radius 3 is 2.83 bits per heavy atom. The van der Waals surface area contributed by atoms with Crippen LogP contribution in [0.25, 0.3) is 0 Å². The number of methoxy groups -OCH3 is 1. The molecule has 0 amide bonds. The Morgan fingerprint density at radius 2 is 2.17 bits per heavy atom. The van der Waals surface area contributed by atoms with E-state index in [4.69, 9.17) is 9.73 Å². The number of ether oxygens (including phenoxy) is 1. The van der Waals surface area contributed by atoms with Crippen molar-refractivity contribution in [1.82, 2.24) is 15.2 Å². The van der Waals surface area contributed by atoms with Crippen molar-refractivity contribution in [3.05, 3.63) is 51.5 Å². The normalized spacial score (nSPS) is 11.6. The summed E-state index contributed by atoms with van der Waals surface area (Å²) in [6.07, 6.45) is 0. The standard InChI is InChI=1S/C18H26N4OS/c1-5-19-18(22(3)11-17-13-24-14(2)21-17)20-10-15-7-6-8-16(9-15)12-23-4/h6-9,13H,5,10-12H2,1-4H3,(H,19,20). The molecular formula is C18H26N4OS. The Balaban J connectivity index is 2.05. The van der Waals surface area contributed by atoms with Gasteiger partial charge in [0.15, 0.2) is 5.96 Å². The van der Waals surface area contributed by atoms with Crippen molar-refractivity contribution in [2.45, 2.75) is 33.5 Å². The summed E-state index contributed by atoms with van der Waals surface area (Å²) in [6, 6.07) is 8.35. The molecule has 2 rings (SSSR count). The molecule has 1 aromatic heterocycles. The van der Waals surface area contributed by atoms with E-state index in [1.807, 2.05) is 20.0 Å². The SMILES string of the molecule is CCNC(=NCc1cccc(COC)c1)N(C)Cc1csc(C)n1. The second-order valence-corrected chi connectivity index (χ2v) is 6.70. The van der Waals surface area contributed by atoms with E-state index < -0.39 is 0 Å². The minimum atomic E-state index is 0.626. The van der Waals surface area contributed by atoms with Crippen molar-refractivity contribution in [2.24, 2.45) is 4.99 Å². The van der Waals surface area contributed by atoms with E-state index in [2.05, 4.69) is 45.7 Å². The molecule has 0 atom stereocenters. The summed E-state index contributed by atoms with van der Waals surface area (Å²) >= 11 is 1.68. The van der Waals surface area contributed by atoms with Gasteiger partial charge in [0, 0.05) is 26.1 Å². The van der Waals surface area contributed by atoms with Gasteiger partial charge in [-0.3, -0.25) is 0 Å². The topological polar surface area (TPSA) is 49.8 Å². The van der Waals surface area contributed by atoms with Gasteiger partial charge in [-0.05, 0) is 25.0 Å². The molecule has 0 aliphatic carbocycles. The van der Waals surface area contributed by atoms with Crippen LogP contribution in [0.2, 0.25) is 0 Å². The molecular weight excluding hydrogens is 320 g/mol. The lowest BCUT2D eigenvalue weighted by Crippen LogP contribution is -2.38. The van der Waals surface area contributed by atoms with Crippen molar-refractivity contribution in [1.29, 1.82) is 0 Å². The number of benzene rings is 1. The number of hydrogen-bond donors (Lipinski definition) is 1. The van der Waals surface area contributed by atoms with Gasteiger partial charge in [-0.15, -0.1) is 11.3 Å². The Kier molecular flexibility index (Phi) is 7.21. The zero-order valence-electron chi connectivity index (χ0n) is 14.9. The van der Waals surface area contributed by atoms with Crippen LogP contribution in [-0.4, -0.2) is 36.5 Å². The number of guanidine groups is 1. The van der Waals surface area contributed by atoms with E-state index in [1.54, 1.807) is 18.4 Å². The van der Waals surface area contributed by atoms with Gasteiger partial charge in [0.05, 0.1) is 30.4 Å².